The molecule has 0 spiro atoms. The largest absolute Gasteiger partial charge is 0.469 e. The first-order chi connectivity index (χ1) is 16.1. The van der Waals surface area contributed by atoms with Gasteiger partial charge in [0.05, 0.1) is 23.3 Å². The number of hydrogen-bond donors (Lipinski definition) is 0. The molecule has 4 aromatic rings. The van der Waals surface area contributed by atoms with Crippen molar-refractivity contribution in [2.24, 2.45) is 0 Å². The highest BCUT2D eigenvalue weighted by Crippen LogP contribution is 2.37. The first-order valence-electron chi connectivity index (χ1n) is 10.2. The van der Waals surface area contributed by atoms with Crippen molar-refractivity contribution in [2.75, 3.05) is 7.11 Å². The third-order valence-corrected chi connectivity index (χ3v) is 7.62. The molecule has 0 N–H and O–H groups in total. The van der Waals surface area contributed by atoms with Crippen LogP contribution in [0.25, 0.3) is 21.9 Å². The highest BCUT2D eigenvalue weighted by molar-refractivity contribution is 7.91. The lowest BCUT2D eigenvalue weighted by atomic mass is 9.89. The van der Waals surface area contributed by atoms with Crippen LogP contribution in [0.4, 0.5) is 8.78 Å². The van der Waals surface area contributed by atoms with Crippen molar-refractivity contribution >= 4 is 38.2 Å². The summed E-state index contributed by atoms with van der Waals surface area (Å²) in [4.78, 5) is 11.4. The summed E-state index contributed by atoms with van der Waals surface area (Å²) < 4.78 is 57.8. The van der Waals surface area contributed by atoms with Gasteiger partial charge >= 0.3 is 5.97 Å². The minimum absolute atomic E-state index is 0.0749. The maximum absolute atomic E-state index is 13.6. The van der Waals surface area contributed by atoms with Gasteiger partial charge in [0.25, 0.3) is 0 Å². The molecule has 0 unspecified atom stereocenters. The predicted octanol–water partition coefficient (Wildman–Crippen LogP) is 6.30. The summed E-state index contributed by atoms with van der Waals surface area (Å²) in [6.07, 6.45) is 0.0749. The molecule has 4 nitrogen and oxygen atoms in total. The molecule has 0 aromatic heterocycles. The lowest BCUT2D eigenvalue weighted by Crippen LogP contribution is -2.07. The third-order valence-electron chi connectivity index (χ3n) is 5.63. The molecule has 4 aromatic carbocycles. The van der Waals surface area contributed by atoms with E-state index in [-0.39, 0.29) is 17.3 Å². The minimum atomic E-state index is -4.13. The summed E-state index contributed by atoms with van der Waals surface area (Å²) >= 11 is 6.24. The first kappa shape index (κ1) is 23.9. The quantitative estimate of drug-likeness (QED) is 0.302. The molecular formula is C26H19ClF2O4S. The van der Waals surface area contributed by atoms with Crippen LogP contribution in [0, 0.1) is 18.6 Å². The molecule has 4 rings (SSSR count). The molecule has 0 saturated heterocycles. The van der Waals surface area contributed by atoms with Crippen LogP contribution in [0.5, 0.6) is 0 Å². The van der Waals surface area contributed by atoms with Gasteiger partial charge in [-0.1, -0.05) is 35.9 Å². The summed E-state index contributed by atoms with van der Waals surface area (Å²) in [5.41, 5.74) is 3.08. The number of fused-ring (bicyclic) bond motifs is 1. The molecule has 0 heterocycles. The van der Waals surface area contributed by atoms with E-state index in [1.165, 1.54) is 19.2 Å². The number of benzene rings is 4. The van der Waals surface area contributed by atoms with Gasteiger partial charge < -0.3 is 4.74 Å². The van der Waals surface area contributed by atoms with Crippen LogP contribution in [0.2, 0.25) is 5.02 Å². The fraction of sp³-hybridized carbons (Fsp3) is 0.115. The second-order valence-electron chi connectivity index (χ2n) is 7.79. The normalized spacial score (nSPS) is 11.6. The second kappa shape index (κ2) is 9.16. The van der Waals surface area contributed by atoms with Crippen LogP contribution < -0.4 is 0 Å². The highest BCUT2D eigenvalue weighted by Gasteiger charge is 2.21. The van der Waals surface area contributed by atoms with E-state index in [0.717, 1.165) is 39.6 Å². The molecule has 174 valence electrons. The van der Waals surface area contributed by atoms with Gasteiger partial charge in [0.15, 0.2) is 0 Å². The average Bonchev–Trinajstić information content (AvgIpc) is 2.79. The smallest absolute Gasteiger partial charge is 0.309 e. The average molecular weight is 501 g/mol. The van der Waals surface area contributed by atoms with Gasteiger partial charge in [-0.2, -0.15) is 0 Å². The van der Waals surface area contributed by atoms with E-state index in [0.29, 0.717) is 16.7 Å². The Hall–Kier alpha value is -3.29. The van der Waals surface area contributed by atoms with E-state index in [2.05, 4.69) is 0 Å². The van der Waals surface area contributed by atoms with Crippen molar-refractivity contribution in [3.05, 3.63) is 94.5 Å². The Bertz CT molecular complexity index is 1510. The maximum Gasteiger partial charge on any atom is 0.309 e. The number of carbonyl (C=O) groups is 1. The van der Waals surface area contributed by atoms with E-state index >= 15 is 0 Å². The van der Waals surface area contributed by atoms with Crippen molar-refractivity contribution in [1.29, 1.82) is 0 Å². The molecule has 0 fully saturated rings. The van der Waals surface area contributed by atoms with Crippen LogP contribution in [0.1, 0.15) is 11.1 Å². The Kier molecular flexibility index (Phi) is 6.43. The van der Waals surface area contributed by atoms with E-state index < -0.39 is 26.4 Å². The van der Waals surface area contributed by atoms with Crippen molar-refractivity contribution in [2.45, 2.75) is 23.1 Å². The van der Waals surface area contributed by atoms with Crippen molar-refractivity contribution in [3.63, 3.8) is 0 Å². The van der Waals surface area contributed by atoms with Gasteiger partial charge in [-0.05, 0) is 76.3 Å². The Morgan fingerprint density at radius 1 is 0.912 bits per heavy atom. The molecule has 0 atom stereocenters. The van der Waals surface area contributed by atoms with Crippen molar-refractivity contribution < 1.29 is 26.7 Å². The van der Waals surface area contributed by atoms with Gasteiger partial charge in [0, 0.05) is 11.1 Å². The topological polar surface area (TPSA) is 60.4 Å². The maximum atomic E-state index is 13.6. The zero-order valence-corrected chi connectivity index (χ0v) is 19.8. The summed E-state index contributed by atoms with van der Waals surface area (Å²) in [5.74, 6) is -2.33. The second-order valence-corrected chi connectivity index (χ2v) is 10.2. The molecule has 0 aliphatic rings. The fourth-order valence-electron chi connectivity index (χ4n) is 3.93. The summed E-state index contributed by atoms with van der Waals surface area (Å²) in [6.45, 7) is 1.87. The van der Waals surface area contributed by atoms with Gasteiger partial charge in [0.2, 0.25) is 9.84 Å². The number of carbonyl (C=O) groups excluding carboxylic acids is 1. The number of halogens is 3. The minimum Gasteiger partial charge on any atom is -0.469 e. The summed E-state index contributed by atoms with van der Waals surface area (Å²) in [7, 11) is -2.81. The zero-order chi connectivity index (χ0) is 24.6. The lowest BCUT2D eigenvalue weighted by molar-refractivity contribution is -0.139. The van der Waals surface area contributed by atoms with Gasteiger partial charge in [-0.3, -0.25) is 4.79 Å². The number of ether oxygens (including phenoxy) is 1. The molecule has 0 aliphatic carbocycles. The third kappa shape index (κ3) is 4.54. The summed E-state index contributed by atoms with van der Waals surface area (Å²) in [6, 6.07) is 15.5. The predicted molar refractivity (Wildman–Crippen MR) is 127 cm³/mol. The van der Waals surface area contributed by atoms with E-state index in [1.807, 2.05) is 19.1 Å². The van der Waals surface area contributed by atoms with Crippen molar-refractivity contribution in [3.8, 4) is 11.1 Å². The van der Waals surface area contributed by atoms with E-state index in [9.17, 15) is 22.0 Å². The Morgan fingerprint density at radius 2 is 1.56 bits per heavy atom. The van der Waals surface area contributed by atoms with Crippen LogP contribution >= 0.6 is 11.6 Å². The first-order valence-corrected chi connectivity index (χ1v) is 12.1. The van der Waals surface area contributed by atoms with Crippen LogP contribution in [0.3, 0.4) is 0 Å². The molecule has 0 bridgehead atoms. The van der Waals surface area contributed by atoms with Gasteiger partial charge in [-0.25, -0.2) is 17.2 Å². The molecule has 0 radical (unpaired) electrons. The van der Waals surface area contributed by atoms with E-state index in [4.69, 9.17) is 16.3 Å². The molecule has 0 aliphatic heterocycles. The van der Waals surface area contributed by atoms with Crippen LogP contribution in [0.15, 0.2) is 76.5 Å². The Morgan fingerprint density at radius 3 is 2.18 bits per heavy atom. The number of hydrogen-bond acceptors (Lipinski definition) is 4. The number of methoxy groups -OCH3 is 1. The highest BCUT2D eigenvalue weighted by atomic mass is 35.5. The zero-order valence-electron chi connectivity index (χ0n) is 18.2. The fourth-order valence-corrected chi connectivity index (χ4v) is 5.41. The van der Waals surface area contributed by atoms with Crippen LogP contribution in [-0.2, 0) is 25.8 Å². The standard InChI is InChI=1S/C26H19ClF2O4S/c1-15-18(10-25(30)33-2)9-17-3-6-19(27)11-24(17)26(15)16-4-7-22(8-5-16)34(31,32)23-13-20(28)12-21(29)14-23/h3-9,11-14H,10H2,1-2H3. The van der Waals surface area contributed by atoms with Crippen molar-refractivity contribution in [1.82, 2.24) is 0 Å². The SMILES string of the molecule is COC(=O)Cc1cc2ccc(Cl)cc2c(-c2ccc(S(=O)(=O)c3cc(F)cc(F)c3)cc2)c1C. The number of esters is 1. The van der Waals surface area contributed by atoms with Crippen LogP contribution in [-0.4, -0.2) is 21.5 Å². The molecule has 0 amide bonds. The van der Waals surface area contributed by atoms with Gasteiger partial charge in [-0.15, -0.1) is 0 Å². The Balaban J connectivity index is 1.86. The van der Waals surface area contributed by atoms with E-state index in [1.54, 1.807) is 24.3 Å². The molecule has 0 saturated carbocycles. The monoisotopic (exact) mass is 500 g/mol. The summed E-state index contributed by atoms with van der Waals surface area (Å²) in [5, 5.41) is 2.22. The molecule has 34 heavy (non-hydrogen) atoms. The Labute approximate surface area is 200 Å². The molecular weight excluding hydrogens is 482 g/mol. The lowest BCUT2D eigenvalue weighted by Gasteiger charge is -2.16. The molecule has 8 heteroatoms. The number of rotatable bonds is 5. The van der Waals surface area contributed by atoms with Gasteiger partial charge in [0.1, 0.15) is 11.6 Å². The number of sulfone groups is 1.